The monoisotopic (exact) mass is 836 g/mol. The number of amides is 6. The van der Waals surface area contributed by atoms with Crippen molar-refractivity contribution >= 4 is 86.9 Å². The first kappa shape index (κ1) is 47.7. The number of hydrogen-bond acceptors (Lipinski definition) is 13. The van der Waals surface area contributed by atoms with Gasteiger partial charge < -0.3 is 47.5 Å². The lowest BCUT2D eigenvalue weighted by Crippen LogP contribution is -2.55. The zero-order valence-corrected chi connectivity index (χ0v) is 32.8. The number of Topliss-reactive ketones (excluding diaryl/α,β-unsaturated/α-hetero) is 2. The number of carboxylic acids is 1. The number of nitrogens with two attached hydrogens (primary N) is 2. The molecule has 22 heteroatoms. The fourth-order valence-electron chi connectivity index (χ4n) is 4.69. The summed E-state index contributed by atoms with van der Waals surface area (Å²) in [5.41, 5.74) is 6.85. The van der Waals surface area contributed by atoms with Gasteiger partial charge in [0.1, 0.15) is 23.7 Å². The molecule has 0 aliphatic rings. The van der Waals surface area contributed by atoms with Gasteiger partial charge in [0, 0.05) is 74.1 Å². The summed E-state index contributed by atoms with van der Waals surface area (Å²) in [4.78, 5) is 96.9. The van der Waals surface area contributed by atoms with E-state index in [-0.39, 0.29) is 74.2 Å². The summed E-state index contributed by atoms with van der Waals surface area (Å²) < 4.78 is 28.2. The molecule has 0 saturated carbocycles. The molecule has 0 bridgehead atoms. The summed E-state index contributed by atoms with van der Waals surface area (Å²) in [6, 6.07) is 8.13. The van der Waals surface area contributed by atoms with E-state index in [0.29, 0.717) is 23.5 Å². The number of carbonyl (C=O) groups is 8. The van der Waals surface area contributed by atoms with Crippen LogP contribution in [0.2, 0.25) is 0 Å². The van der Waals surface area contributed by atoms with Crippen LogP contribution < -0.4 is 42.8 Å². The molecule has 2 aromatic rings. The molecular weight excluding hydrogens is 789 g/mol. The highest BCUT2D eigenvalue weighted by molar-refractivity contribution is 7.89. The van der Waals surface area contributed by atoms with Gasteiger partial charge in [-0.15, -0.1) is 0 Å². The number of carbonyl (C=O) groups excluding carboxylic acids is 7. The maximum absolute atomic E-state index is 12.5. The summed E-state index contributed by atoms with van der Waals surface area (Å²) in [6.07, 6.45) is -0.463. The highest BCUT2D eigenvalue weighted by atomic mass is 32.2. The zero-order chi connectivity index (χ0) is 42.5. The normalized spacial score (nSPS) is 12.6. The molecule has 2 rings (SSSR count). The van der Waals surface area contributed by atoms with Crippen LogP contribution in [0.3, 0.4) is 0 Å². The van der Waals surface area contributed by atoms with Crippen molar-refractivity contribution in [3.05, 3.63) is 48.5 Å². The zero-order valence-electron chi connectivity index (χ0n) is 31.1. The number of anilines is 3. The first-order valence-corrected chi connectivity index (χ1v) is 19.7. The maximum Gasteiger partial charge on any atom is 0.323 e. The number of benzene rings is 2. The van der Waals surface area contributed by atoms with E-state index >= 15 is 0 Å². The minimum Gasteiger partial charge on any atom is -0.481 e. The van der Waals surface area contributed by atoms with Gasteiger partial charge in [-0.2, -0.15) is 12.6 Å². The molecule has 312 valence electrons. The van der Waals surface area contributed by atoms with Crippen molar-refractivity contribution in [2.75, 3.05) is 48.0 Å². The summed E-state index contributed by atoms with van der Waals surface area (Å²) in [5, 5.41) is 29.1. The molecule has 0 fully saturated rings. The largest absolute Gasteiger partial charge is 0.481 e. The second-order valence-corrected chi connectivity index (χ2v) is 14.5. The first-order valence-electron chi connectivity index (χ1n) is 17.5. The Labute approximate surface area is 334 Å². The lowest BCUT2D eigenvalue weighted by atomic mass is 10.1. The highest BCUT2D eigenvalue weighted by Gasteiger charge is 2.27. The SMILES string of the molecule is CC(=O)[C@@H](CS)CNC(=O)[C@H](CC(=O)O)NC(=O)[C@H](N)CNC(=O)CCOCCCC(=O)CCC(=O)Nc1cccc(NC(=O)Nc2ccc(S(N)(=O)=O)cc2)c1. The van der Waals surface area contributed by atoms with Crippen LogP contribution in [0.15, 0.2) is 53.4 Å². The minimum atomic E-state index is -3.88. The van der Waals surface area contributed by atoms with E-state index < -0.39 is 70.1 Å². The van der Waals surface area contributed by atoms with Gasteiger partial charge in [-0.3, -0.25) is 33.6 Å². The van der Waals surface area contributed by atoms with Crippen molar-refractivity contribution < 1.29 is 56.6 Å². The number of hydrogen-bond donors (Lipinski definition) is 10. The van der Waals surface area contributed by atoms with Crippen molar-refractivity contribution in [1.29, 1.82) is 0 Å². The van der Waals surface area contributed by atoms with Gasteiger partial charge in [-0.1, -0.05) is 6.07 Å². The van der Waals surface area contributed by atoms with Gasteiger partial charge in [0.05, 0.1) is 17.9 Å². The Hall–Kier alpha value is -5.42. The van der Waals surface area contributed by atoms with Crippen LogP contribution in [0.25, 0.3) is 0 Å². The summed E-state index contributed by atoms with van der Waals surface area (Å²) in [7, 11) is -3.88. The topological polar surface area (TPSA) is 324 Å². The molecule has 0 heterocycles. The van der Waals surface area contributed by atoms with E-state index in [9.17, 15) is 46.8 Å². The Kier molecular flexibility index (Phi) is 20.3. The number of ketones is 2. The molecule has 2 aromatic carbocycles. The minimum absolute atomic E-state index is 0.00214. The second-order valence-electron chi connectivity index (χ2n) is 12.6. The average Bonchev–Trinajstić information content (AvgIpc) is 3.13. The Bertz CT molecular complexity index is 1860. The van der Waals surface area contributed by atoms with Gasteiger partial charge in [-0.25, -0.2) is 18.4 Å². The molecule has 0 radical (unpaired) electrons. The van der Waals surface area contributed by atoms with Gasteiger partial charge in [0.2, 0.25) is 33.7 Å². The van der Waals surface area contributed by atoms with E-state index in [1.165, 1.54) is 37.3 Å². The predicted molar refractivity (Wildman–Crippen MR) is 211 cm³/mol. The maximum atomic E-state index is 12.5. The summed E-state index contributed by atoms with van der Waals surface area (Å²) in [6.45, 7) is 1.08. The molecule has 11 N–H and O–H groups in total. The van der Waals surface area contributed by atoms with E-state index in [0.717, 1.165) is 0 Å². The Balaban J connectivity index is 1.62. The molecule has 0 unspecified atom stereocenters. The molecule has 20 nitrogen and oxygen atoms in total. The molecular formula is C35H48N8O12S2. The van der Waals surface area contributed by atoms with Crippen molar-refractivity contribution in [1.82, 2.24) is 16.0 Å². The van der Waals surface area contributed by atoms with Crippen molar-refractivity contribution in [2.24, 2.45) is 16.8 Å². The van der Waals surface area contributed by atoms with Crippen molar-refractivity contribution in [3.63, 3.8) is 0 Å². The Morgan fingerprint density at radius 2 is 1.44 bits per heavy atom. The summed E-state index contributed by atoms with van der Waals surface area (Å²) >= 11 is 4.04. The quantitative estimate of drug-likeness (QED) is 0.0470. The van der Waals surface area contributed by atoms with E-state index in [4.69, 9.17) is 20.7 Å². The molecule has 6 amide bonds. The number of carboxylic acid groups (broad SMARTS) is 1. The number of primary sulfonamides is 1. The fourth-order valence-corrected chi connectivity index (χ4v) is 5.59. The second kappa shape index (κ2) is 24.3. The Morgan fingerprint density at radius 1 is 0.789 bits per heavy atom. The van der Waals surface area contributed by atoms with Gasteiger partial charge >= 0.3 is 12.0 Å². The third-order valence-corrected chi connectivity index (χ3v) is 9.25. The van der Waals surface area contributed by atoms with E-state index in [1.54, 1.807) is 18.2 Å². The number of rotatable bonds is 25. The summed E-state index contributed by atoms with van der Waals surface area (Å²) in [5.74, 6) is -4.82. The molecule has 0 aliphatic heterocycles. The smallest absolute Gasteiger partial charge is 0.323 e. The molecule has 0 aliphatic carbocycles. The van der Waals surface area contributed by atoms with Crippen LogP contribution in [0, 0.1) is 5.92 Å². The molecule has 3 atom stereocenters. The van der Waals surface area contributed by atoms with Gasteiger partial charge in [0.25, 0.3) is 0 Å². The highest BCUT2D eigenvalue weighted by Crippen LogP contribution is 2.17. The van der Waals surface area contributed by atoms with Crippen LogP contribution in [0.5, 0.6) is 0 Å². The standard InChI is InChI=1S/C35H48N8O12S2/c1-21(44)22(20-56)18-39-34(51)29(17-32(48)49)43-33(50)28(36)19-38-30(46)13-15-55-14-3-6-26(45)9-12-31(47)40-24-4-2-5-25(16-24)42-35(52)41-23-7-10-27(11-8-23)57(37,53)54/h2,4-5,7-8,10-11,16,22,28-29,56H,3,6,9,12-15,17-20,36H2,1H3,(H,38,46)(H,39,51)(H,40,47)(H,43,50)(H,48,49)(H2,37,53,54)(H2,41,42,52)/t22-,28-,29+/m1/s1. The third kappa shape index (κ3) is 19.3. The van der Waals surface area contributed by atoms with E-state index in [2.05, 4.69) is 44.5 Å². The number of thiol groups is 1. The van der Waals surface area contributed by atoms with Crippen LogP contribution >= 0.6 is 12.6 Å². The number of nitrogens with one attached hydrogen (secondary N) is 6. The van der Waals surface area contributed by atoms with Crippen LogP contribution in [0.4, 0.5) is 21.9 Å². The number of aliphatic carboxylic acids is 1. The van der Waals surface area contributed by atoms with Crippen molar-refractivity contribution in [2.45, 2.75) is 62.4 Å². The predicted octanol–water partition coefficient (Wildman–Crippen LogP) is 0.107. The Morgan fingerprint density at radius 3 is 2.05 bits per heavy atom. The lowest BCUT2D eigenvalue weighted by molar-refractivity contribution is -0.141. The molecule has 0 spiro atoms. The van der Waals surface area contributed by atoms with Crippen LogP contribution in [0.1, 0.15) is 45.4 Å². The average molecular weight is 837 g/mol. The number of sulfonamides is 1. The third-order valence-electron chi connectivity index (χ3n) is 7.88. The van der Waals surface area contributed by atoms with Crippen molar-refractivity contribution in [3.8, 4) is 0 Å². The number of ether oxygens (including phenoxy) is 1. The van der Waals surface area contributed by atoms with Crippen LogP contribution in [-0.4, -0.2) is 105 Å². The lowest BCUT2D eigenvalue weighted by Gasteiger charge is -2.21. The first-order chi connectivity index (χ1) is 26.9. The van der Waals surface area contributed by atoms with E-state index in [1.807, 2.05) is 0 Å². The van der Waals surface area contributed by atoms with Gasteiger partial charge in [-0.05, 0) is 55.8 Å². The van der Waals surface area contributed by atoms with Crippen LogP contribution in [-0.2, 0) is 48.3 Å². The number of urea groups is 1. The molecule has 0 aromatic heterocycles. The molecule has 0 saturated heterocycles. The fraction of sp³-hybridized carbons (Fsp3) is 0.429. The van der Waals surface area contributed by atoms with Gasteiger partial charge in [0.15, 0.2) is 0 Å². The molecule has 57 heavy (non-hydrogen) atoms.